The van der Waals surface area contributed by atoms with E-state index in [4.69, 9.17) is 4.74 Å². The second-order valence-corrected chi connectivity index (χ2v) is 6.63. The SMILES string of the molecule is COc1ccc(C(O)CN2CCC(O)(c3ccc(F)cc3)CC2)cc1. The summed E-state index contributed by atoms with van der Waals surface area (Å²) in [4.78, 5) is 2.15. The average Bonchev–Trinajstić information content (AvgIpc) is 2.64. The van der Waals surface area contributed by atoms with Crippen LogP contribution < -0.4 is 4.74 Å². The second-order valence-electron chi connectivity index (χ2n) is 6.63. The van der Waals surface area contributed by atoms with E-state index in [0.717, 1.165) is 16.9 Å². The van der Waals surface area contributed by atoms with Crippen LogP contribution in [0.4, 0.5) is 4.39 Å². The van der Waals surface area contributed by atoms with E-state index in [0.29, 0.717) is 32.5 Å². The molecule has 25 heavy (non-hydrogen) atoms. The molecule has 4 nitrogen and oxygen atoms in total. The van der Waals surface area contributed by atoms with E-state index in [1.54, 1.807) is 19.2 Å². The van der Waals surface area contributed by atoms with Crippen molar-refractivity contribution >= 4 is 0 Å². The predicted octanol–water partition coefficient (Wildman–Crippen LogP) is 2.85. The molecule has 134 valence electrons. The molecule has 0 spiro atoms. The van der Waals surface area contributed by atoms with Gasteiger partial charge in [-0.1, -0.05) is 24.3 Å². The van der Waals surface area contributed by atoms with Crippen LogP contribution in [0.2, 0.25) is 0 Å². The minimum Gasteiger partial charge on any atom is -0.497 e. The molecule has 3 rings (SSSR count). The number of nitrogens with zero attached hydrogens (tertiary/aromatic N) is 1. The Kier molecular flexibility index (Phi) is 5.37. The van der Waals surface area contributed by atoms with E-state index in [-0.39, 0.29) is 5.82 Å². The predicted molar refractivity (Wildman–Crippen MR) is 93.9 cm³/mol. The molecule has 2 aromatic rings. The molecule has 5 heteroatoms. The fraction of sp³-hybridized carbons (Fsp3) is 0.400. The van der Waals surface area contributed by atoms with Crippen molar-refractivity contribution in [1.29, 1.82) is 0 Å². The Morgan fingerprint density at radius 3 is 2.24 bits per heavy atom. The number of rotatable bonds is 5. The zero-order chi connectivity index (χ0) is 17.9. The zero-order valence-electron chi connectivity index (χ0n) is 14.4. The molecule has 1 unspecified atom stereocenters. The van der Waals surface area contributed by atoms with E-state index in [2.05, 4.69) is 4.90 Å². The van der Waals surface area contributed by atoms with Crippen molar-refractivity contribution in [3.8, 4) is 5.75 Å². The summed E-state index contributed by atoms with van der Waals surface area (Å²) in [5.74, 6) is 0.464. The standard InChI is InChI=1S/C20H24FNO3/c1-25-18-8-2-15(3-9-18)19(23)14-22-12-10-20(24,11-13-22)16-4-6-17(21)7-5-16/h2-9,19,23-24H,10-14H2,1H3. The summed E-state index contributed by atoms with van der Waals surface area (Å²) in [5.41, 5.74) is 0.680. The summed E-state index contributed by atoms with van der Waals surface area (Å²) in [7, 11) is 1.61. The van der Waals surface area contributed by atoms with Gasteiger partial charge in [-0.2, -0.15) is 0 Å². The Balaban J connectivity index is 1.57. The van der Waals surface area contributed by atoms with Gasteiger partial charge in [0.05, 0.1) is 18.8 Å². The molecule has 0 saturated carbocycles. The van der Waals surface area contributed by atoms with Crippen molar-refractivity contribution in [1.82, 2.24) is 4.90 Å². The number of likely N-dealkylation sites (tertiary alicyclic amines) is 1. The van der Waals surface area contributed by atoms with Crippen molar-refractivity contribution in [3.05, 3.63) is 65.5 Å². The number of piperidine rings is 1. The van der Waals surface area contributed by atoms with Gasteiger partial charge in [-0.15, -0.1) is 0 Å². The van der Waals surface area contributed by atoms with Crippen molar-refractivity contribution in [2.45, 2.75) is 24.5 Å². The number of ether oxygens (including phenoxy) is 1. The van der Waals surface area contributed by atoms with Crippen LogP contribution in [0, 0.1) is 5.82 Å². The summed E-state index contributed by atoms with van der Waals surface area (Å²) < 4.78 is 18.2. The molecular formula is C20H24FNO3. The Bertz CT molecular complexity index is 679. The number of benzene rings is 2. The van der Waals surface area contributed by atoms with Gasteiger partial charge in [-0.25, -0.2) is 4.39 Å². The fourth-order valence-corrected chi connectivity index (χ4v) is 3.33. The average molecular weight is 345 g/mol. The number of aliphatic hydroxyl groups excluding tert-OH is 1. The van der Waals surface area contributed by atoms with Crippen LogP contribution in [0.15, 0.2) is 48.5 Å². The second kappa shape index (κ2) is 7.52. The summed E-state index contributed by atoms with van der Waals surface area (Å²) in [6.07, 6.45) is 0.546. The van der Waals surface area contributed by atoms with Crippen LogP contribution in [0.3, 0.4) is 0 Å². The van der Waals surface area contributed by atoms with Gasteiger partial charge in [-0.3, -0.25) is 0 Å². The first-order valence-corrected chi connectivity index (χ1v) is 8.53. The van der Waals surface area contributed by atoms with E-state index in [1.165, 1.54) is 12.1 Å². The summed E-state index contributed by atoms with van der Waals surface area (Å²) in [6.45, 7) is 1.88. The van der Waals surface area contributed by atoms with Gasteiger partial charge in [0.1, 0.15) is 11.6 Å². The normalized spacial score (nSPS) is 18.7. The highest BCUT2D eigenvalue weighted by Crippen LogP contribution is 2.33. The molecule has 0 amide bonds. The van der Waals surface area contributed by atoms with Gasteiger partial charge < -0.3 is 19.8 Å². The van der Waals surface area contributed by atoms with Crippen LogP contribution in [0.5, 0.6) is 5.75 Å². The largest absolute Gasteiger partial charge is 0.497 e. The summed E-state index contributed by atoms with van der Waals surface area (Å²) in [5, 5.41) is 21.3. The Labute approximate surface area is 147 Å². The van der Waals surface area contributed by atoms with E-state index < -0.39 is 11.7 Å². The van der Waals surface area contributed by atoms with Gasteiger partial charge in [-0.05, 0) is 48.2 Å². The van der Waals surface area contributed by atoms with Crippen LogP contribution in [-0.4, -0.2) is 41.9 Å². The molecule has 1 fully saturated rings. The van der Waals surface area contributed by atoms with Gasteiger partial charge in [0.25, 0.3) is 0 Å². The number of halogens is 1. The molecule has 0 aliphatic carbocycles. The zero-order valence-corrected chi connectivity index (χ0v) is 14.4. The lowest BCUT2D eigenvalue weighted by Crippen LogP contribution is -2.43. The summed E-state index contributed by atoms with van der Waals surface area (Å²) in [6, 6.07) is 13.5. The minimum atomic E-state index is -0.921. The first-order chi connectivity index (χ1) is 12.0. The van der Waals surface area contributed by atoms with Crippen molar-refractivity contribution < 1.29 is 19.3 Å². The number of aliphatic hydroxyl groups is 2. The van der Waals surface area contributed by atoms with Crippen LogP contribution in [-0.2, 0) is 5.60 Å². The first-order valence-electron chi connectivity index (χ1n) is 8.53. The maximum atomic E-state index is 13.1. The van der Waals surface area contributed by atoms with Crippen molar-refractivity contribution in [2.75, 3.05) is 26.7 Å². The lowest BCUT2D eigenvalue weighted by atomic mass is 9.84. The molecule has 1 atom stereocenters. The number of methoxy groups -OCH3 is 1. The van der Waals surface area contributed by atoms with Gasteiger partial charge in [0, 0.05) is 19.6 Å². The molecule has 0 bridgehead atoms. The van der Waals surface area contributed by atoms with E-state index in [1.807, 2.05) is 24.3 Å². The van der Waals surface area contributed by atoms with Crippen molar-refractivity contribution in [3.63, 3.8) is 0 Å². The van der Waals surface area contributed by atoms with Gasteiger partial charge >= 0.3 is 0 Å². The van der Waals surface area contributed by atoms with Gasteiger partial charge in [0.15, 0.2) is 0 Å². The number of hydrogen-bond donors (Lipinski definition) is 2. The maximum absolute atomic E-state index is 13.1. The molecule has 1 aliphatic heterocycles. The minimum absolute atomic E-state index is 0.299. The molecule has 1 heterocycles. The molecule has 0 radical (unpaired) electrons. The molecule has 1 aliphatic rings. The molecular weight excluding hydrogens is 321 g/mol. The molecule has 1 saturated heterocycles. The topological polar surface area (TPSA) is 52.9 Å². The van der Waals surface area contributed by atoms with Crippen LogP contribution in [0.25, 0.3) is 0 Å². The molecule has 2 aromatic carbocycles. The Morgan fingerprint density at radius 2 is 1.68 bits per heavy atom. The molecule has 2 N–H and O–H groups in total. The van der Waals surface area contributed by atoms with Crippen LogP contribution in [0.1, 0.15) is 30.1 Å². The number of hydrogen-bond acceptors (Lipinski definition) is 4. The Hall–Kier alpha value is -1.95. The van der Waals surface area contributed by atoms with Crippen LogP contribution >= 0.6 is 0 Å². The third kappa shape index (κ3) is 4.18. The summed E-state index contributed by atoms with van der Waals surface area (Å²) >= 11 is 0. The highest BCUT2D eigenvalue weighted by Gasteiger charge is 2.34. The highest BCUT2D eigenvalue weighted by molar-refractivity contribution is 5.28. The molecule has 0 aromatic heterocycles. The smallest absolute Gasteiger partial charge is 0.123 e. The van der Waals surface area contributed by atoms with E-state index in [9.17, 15) is 14.6 Å². The fourth-order valence-electron chi connectivity index (χ4n) is 3.33. The monoisotopic (exact) mass is 345 g/mol. The Morgan fingerprint density at radius 1 is 1.08 bits per heavy atom. The third-order valence-electron chi connectivity index (χ3n) is 5.00. The van der Waals surface area contributed by atoms with E-state index >= 15 is 0 Å². The third-order valence-corrected chi connectivity index (χ3v) is 5.00. The highest BCUT2D eigenvalue weighted by atomic mass is 19.1. The van der Waals surface area contributed by atoms with Crippen molar-refractivity contribution in [2.24, 2.45) is 0 Å². The lowest BCUT2D eigenvalue weighted by Gasteiger charge is -2.39. The maximum Gasteiger partial charge on any atom is 0.123 e. The number of β-amino-alcohol motifs (C(OH)–C–C–N with tert-alkyl or cyclic N) is 1. The first kappa shape index (κ1) is 17.9. The quantitative estimate of drug-likeness (QED) is 0.875. The van der Waals surface area contributed by atoms with Gasteiger partial charge in [0.2, 0.25) is 0 Å². The lowest BCUT2D eigenvalue weighted by molar-refractivity contribution is -0.0345.